The number of carbonyl (C=O) groups is 2. The Balaban J connectivity index is 2.42. The predicted octanol–water partition coefficient (Wildman–Crippen LogP) is 1.36. The van der Waals surface area contributed by atoms with E-state index < -0.39 is 11.4 Å². The van der Waals surface area contributed by atoms with Gasteiger partial charge in [0.2, 0.25) is 0 Å². The topological polar surface area (TPSA) is 87.7 Å². The molecule has 0 aromatic carbocycles. The Hall–Kier alpha value is -1.30. The van der Waals surface area contributed by atoms with Gasteiger partial charge in [-0.1, -0.05) is 19.8 Å². The van der Waals surface area contributed by atoms with Crippen LogP contribution in [0.1, 0.15) is 39.0 Å². The Morgan fingerprint density at radius 1 is 1.37 bits per heavy atom. The van der Waals surface area contributed by atoms with Crippen molar-refractivity contribution < 1.29 is 19.4 Å². The molecule has 1 unspecified atom stereocenters. The fourth-order valence-corrected chi connectivity index (χ4v) is 2.47. The Labute approximate surface area is 113 Å². The molecule has 1 fully saturated rings. The summed E-state index contributed by atoms with van der Waals surface area (Å²) in [5.74, 6) is -0.811. The molecule has 0 radical (unpaired) electrons. The standard InChI is InChI=1S/C13H24N2O4/c1-3-10(8-19-2)15-12(18)14-9-13(11(16)17)6-4-5-7-13/h10H,3-9H2,1-2H3,(H,16,17)(H2,14,15,18). The highest BCUT2D eigenvalue weighted by Crippen LogP contribution is 2.37. The van der Waals surface area contributed by atoms with Crippen LogP contribution >= 0.6 is 0 Å². The summed E-state index contributed by atoms with van der Waals surface area (Å²) in [6.45, 7) is 2.60. The quantitative estimate of drug-likeness (QED) is 0.653. The van der Waals surface area contributed by atoms with Gasteiger partial charge < -0.3 is 20.5 Å². The lowest BCUT2D eigenvalue weighted by molar-refractivity contribution is -0.148. The summed E-state index contributed by atoms with van der Waals surface area (Å²) < 4.78 is 5.00. The number of carboxylic acids is 1. The van der Waals surface area contributed by atoms with Crippen molar-refractivity contribution >= 4 is 12.0 Å². The second-order valence-corrected chi connectivity index (χ2v) is 5.18. The van der Waals surface area contributed by atoms with E-state index in [2.05, 4.69) is 10.6 Å². The third-order valence-corrected chi connectivity index (χ3v) is 3.80. The van der Waals surface area contributed by atoms with Crippen LogP contribution in [0, 0.1) is 5.41 Å². The van der Waals surface area contributed by atoms with Crippen LogP contribution in [-0.2, 0) is 9.53 Å². The SMILES string of the molecule is CCC(COC)NC(=O)NCC1(C(=O)O)CCCC1. The molecule has 1 aliphatic carbocycles. The molecule has 1 atom stereocenters. The highest BCUT2D eigenvalue weighted by Gasteiger charge is 2.41. The van der Waals surface area contributed by atoms with Crippen LogP contribution in [-0.4, -0.2) is 43.4 Å². The molecule has 1 aliphatic rings. The summed E-state index contributed by atoms with van der Waals surface area (Å²) in [5, 5.41) is 14.8. The molecule has 0 saturated heterocycles. The van der Waals surface area contributed by atoms with Crippen LogP contribution in [0.3, 0.4) is 0 Å². The van der Waals surface area contributed by atoms with Crippen molar-refractivity contribution in [2.45, 2.75) is 45.1 Å². The first-order chi connectivity index (χ1) is 9.04. The normalized spacial score (nSPS) is 18.8. The molecule has 6 nitrogen and oxygen atoms in total. The van der Waals surface area contributed by atoms with Crippen molar-refractivity contribution in [1.82, 2.24) is 10.6 Å². The first-order valence-corrected chi connectivity index (χ1v) is 6.81. The van der Waals surface area contributed by atoms with Crippen LogP contribution < -0.4 is 10.6 Å². The van der Waals surface area contributed by atoms with Crippen LogP contribution in [0.2, 0.25) is 0 Å². The molecule has 0 spiro atoms. The number of amides is 2. The first kappa shape index (κ1) is 15.8. The molecule has 0 aromatic heterocycles. The van der Waals surface area contributed by atoms with E-state index in [0.29, 0.717) is 19.4 Å². The molecule has 2 amide bonds. The molecule has 3 N–H and O–H groups in total. The largest absolute Gasteiger partial charge is 0.481 e. The molecule has 1 saturated carbocycles. The van der Waals surface area contributed by atoms with Gasteiger partial charge in [0.05, 0.1) is 18.1 Å². The molecule has 19 heavy (non-hydrogen) atoms. The molecule has 0 aromatic rings. The lowest BCUT2D eigenvalue weighted by atomic mass is 9.86. The maximum absolute atomic E-state index is 11.7. The number of ether oxygens (including phenoxy) is 1. The molecule has 110 valence electrons. The predicted molar refractivity (Wildman–Crippen MR) is 71.0 cm³/mol. The van der Waals surface area contributed by atoms with Crippen molar-refractivity contribution in [3.05, 3.63) is 0 Å². The van der Waals surface area contributed by atoms with E-state index >= 15 is 0 Å². The molecule has 0 aliphatic heterocycles. The molecule has 6 heteroatoms. The Kier molecular flexibility index (Phi) is 6.08. The number of urea groups is 1. The fraction of sp³-hybridized carbons (Fsp3) is 0.846. The second-order valence-electron chi connectivity index (χ2n) is 5.18. The monoisotopic (exact) mass is 272 g/mol. The van der Waals surface area contributed by atoms with Crippen molar-refractivity contribution in [3.63, 3.8) is 0 Å². The smallest absolute Gasteiger partial charge is 0.315 e. The number of carboxylic acid groups (broad SMARTS) is 1. The van der Waals surface area contributed by atoms with E-state index in [9.17, 15) is 14.7 Å². The van der Waals surface area contributed by atoms with Gasteiger partial charge in [-0.25, -0.2) is 4.79 Å². The van der Waals surface area contributed by atoms with Gasteiger partial charge in [-0.15, -0.1) is 0 Å². The zero-order valence-electron chi connectivity index (χ0n) is 11.7. The fourth-order valence-electron chi connectivity index (χ4n) is 2.47. The lowest BCUT2D eigenvalue weighted by Crippen LogP contribution is -2.48. The summed E-state index contributed by atoms with van der Waals surface area (Å²) in [7, 11) is 1.58. The van der Waals surface area contributed by atoms with Crippen LogP contribution in [0.4, 0.5) is 4.79 Å². The summed E-state index contributed by atoms with van der Waals surface area (Å²) >= 11 is 0. The Bertz CT molecular complexity index is 314. The van der Waals surface area contributed by atoms with Crippen LogP contribution in [0.25, 0.3) is 0 Å². The van der Waals surface area contributed by atoms with Gasteiger partial charge in [0.1, 0.15) is 0 Å². The maximum atomic E-state index is 11.7. The molecular formula is C13H24N2O4. The third kappa shape index (κ3) is 4.38. The van der Waals surface area contributed by atoms with Crippen molar-refractivity contribution in [3.8, 4) is 0 Å². The van der Waals surface area contributed by atoms with Crippen molar-refractivity contribution in [2.75, 3.05) is 20.3 Å². The maximum Gasteiger partial charge on any atom is 0.315 e. The zero-order valence-corrected chi connectivity index (χ0v) is 11.7. The minimum Gasteiger partial charge on any atom is -0.481 e. The second kappa shape index (κ2) is 7.33. The van der Waals surface area contributed by atoms with E-state index in [-0.39, 0.29) is 18.6 Å². The van der Waals surface area contributed by atoms with E-state index in [0.717, 1.165) is 19.3 Å². The van der Waals surface area contributed by atoms with Crippen LogP contribution in [0.15, 0.2) is 0 Å². The number of hydrogen-bond donors (Lipinski definition) is 3. The molecule has 0 heterocycles. The van der Waals surface area contributed by atoms with E-state index in [1.54, 1.807) is 7.11 Å². The Morgan fingerprint density at radius 2 is 2.00 bits per heavy atom. The van der Waals surface area contributed by atoms with Crippen molar-refractivity contribution in [1.29, 1.82) is 0 Å². The minimum absolute atomic E-state index is 0.0469. The minimum atomic E-state index is -0.811. The number of rotatable bonds is 7. The number of nitrogens with one attached hydrogen (secondary N) is 2. The zero-order chi connectivity index (χ0) is 14.3. The summed E-state index contributed by atoms with van der Waals surface area (Å²) in [4.78, 5) is 23.1. The van der Waals surface area contributed by atoms with Gasteiger partial charge in [0.25, 0.3) is 0 Å². The lowest BCUT2D eigenvalue weighted by Gasteiger charge is -2.25. The summed E-state index contributed by atoms with van der Waals surface area (Å²) in [6.07, 6.45) is 3.87. The number of methoxy groups -OCH3 is 1. The number of carbonyl (C=O) groups excluding carboxylic acids is 1. The highest BCUT2D eigenvalue weighted by molar-refractivity contribution is 5.78. The third-order valence-electron chi connectivity index (χ3n) is 3.80. The summed E-state index contributed by atoms with van der Waals surface area (Å²) in [5.41, 5.74) is -0.777. The van der Waals surface area contributed by atoms with Gasteiger partial charge in [0, 0.05) is 13.7 Å². The number of aliphatic carboxylic acids is 1. The Morgan fingerprint density at radius 3 is 2.47 bits per heavy atom. The highest BCUT2D eigenvalue weighted by atomic mass is 16.5. The average molecular weight is 272 g/mol. The average Bonchev–Trinajstić information content (AvgIpc) is 2.86. The molecule has 1 rings (SSSR count). The van der Waals surface area contributed by atoms with Gasteiger partial charge in [-0.05, 0) is 19.3 Å². The van der Waals surface area contributed by atoms with Gasteiger partial charge >= 0.3 is 12.0 Å². The van der Waals surface area contributed by atoms with Gasteiger partial charge in [-0.3, -0.25) is 4.79 Å². The first-order valence-electron chi connectivity index (χ1n) is 6.81. The summed E-state index contributed by atoms with van der Waals surface area (Å²) in [6, 6.07) is -0.370. The van der Waals surface area contributed by atoms with Gasteiger partial charge in [-0.2, -0.15) is 0 Å². The van der Waals surface area contributed by atoms with E-state index in [4.69, 9.17) is 4.74 Å². The van der Waals surface area contributed by atoms with Crippen LogP contribution in [0.5, 0.6) is 0 Å². The molecular weight excluding hydrogens is 248 g/mol. The van der Waals surface area contributed by atoms with E-state index in [1.165, 1.54) is 0 Å². The number of hydrogen-bond acceptors (Lipinski definition) is 3. The molecule has 0 bridgehead atoms. The van der Waals surface area contributed by atoms with Crippen molar-refractivity contribution in [2.24, 2.45) is 5.41 Å². The van der Waals surface area contributed by atoms with E-state index in [1.807, 2.05) is 6.92 Å². The van der Waals surface area contributed by atoms with Gasteiger partial charge in [0.15, 0.2) is 0 Å².